The molecular weight excluding hydrogens is 418 g/mol. The predicted molar refractivity (Wildman–Crippen MR) is 118 cm³/mol. The summed E-state index contributed by atoms with van der Waals surface area (Å²) in [6.45, 7) is 4.07. The van der Waals surface area contributed by atoms with Gasteiger partial charge in [0, 0.05) is 36.3 Å². The summed E-state index contributed by atoms with van der Waals surface area (Å²) >= 11 is 8.31. The maximum Gasteiger partial charge on any atom is 0.240 e. The highest BCUT2D eigenvalue weighted by Gasteiger charge is 2.25. The fourth-order valence-electron chi connectivity index (χ4n) is 3.69. The van der Waals surface area contributed by atoms with E-state index in [1.54, 1.807) is 12.1 Å². The molecule has 1 aliphatic heterocycles. The van der Waals surface area contributed by atoms with E-state index in [1.165, 1.54) is 0 Å². The average molecular weight is 446 g/mol. The van der Waals surface area contributed by atoms with Crippen molar-refractivity contribution in [2.75, 3.05) is 40.6 Å². The lowest BCUT2D eigenvalue weighted by Crippen LogP contribution is -2.41. The molecule has 1 saturated carbocycles. The van der Waals surface area contributed by atoms with Gasteiger partial charge in [-0.3, -0.25) is 4.79 Å². The minimum Gasteiger partial charge on any atom is -0.369 e. The van der Waals surface area contributed by atoms with Crippen molar-refractivity contribution < 1.29 is 13.2 Å². The maximum atomic E-state index is 12.3. The molecule has 9 heteroatoms. The van der Waals surface area contributed by atoms with Crippen LogP contribution in [0.25, 0.3) is 0 Å². The van der Waals surface area contributed by atoms with Gasteiger partial charge in [0.25, 0.3) is 0 Å². The molecule has 0 spiro atoms. The van der Waals surface area contributed by atoms with Crippen LogP contribution in [-0.2, 0) is 14.8 Å². The Balaban J connectivity index is 1.54. The quantitative estimate of drug-likeness (QED) is 0.702. The summed E-state index contributed by atoms with van der Waals surface area (Å²) in [6.07, 6.45) is 3.68. The largest absolute Gasteiger partial charge is 0.369 e. The Morgan fingerprint density at radius 2 is 1.89 bits per heavy atom. The molecular formula is C19H28ClN3O3S2. The summed E-state index contributed by atoms with van der Waals surface area (Å²) in [5.74, 6) is 1.64. The second kappa shape index (κ2) is 9.69. The van der Waals surface area contributed by atoms with E-state index in [0.29, 0.717) is 16.6 Å². The number of rotatable bonds is 6. The molecule has 156 valence electrons. The lowest BCUT2D eigenvalue weighted by Gasteiger charge is -2.29. The maximum absolute atomic E-state index is 12.3. The Kier molecular flexibility index (Phi) is 7.53. The van der Waals surface area contributed by atoms with Crippen LogP contribution in [-0.4, -0.2) is 50.7 Å². The van der Waals surface area contributed by atoms with Gasteiger partial charge in [0.05, 0.1) is 10.7 Å². The summed E-state index contributed by atoms with van der Waals surface area (Å²) in [4.78, 5) is 14.5. The topological polar surface area (TPSA) is 78.5 Å². The van der Waals surface area contributed by atoms with Gasteiger partial charge in [-0.25, -0.2) is 13.1 Å². The molecule has 1 saturated heterocycles. The Morgan fingerprint density at radius 3 is 2.54 bits per heavy atom. The van der Waals surface area contributed by atoms with Gasteiger partial charge in [-0.2, -0.15) is 11.8 Å². The van der Waals surface area contributed by atoms with Crippen LogP contribution in [0.2, 0.25) is 5.02 Å². The molecule has 3 rings (SSSR count). The van der Waals surface area contributed by atoms with Gasteiger partial charge < -0.3 is 10.2 Å². The van der Waals surface area contributed by atoms with Crippen LogP contribution in [0.15, 0.2) is 18.2 Å². The average Bonchev–Trinajstić information content (AvgIpc) is 2.63. The summed E-state index contributed by atoms with van der Waals surface area (Å²) in [6, 6.07) is 5.26. The number of carbonyl (C=O) groups is 1. The van der Waals surface area contributed by atoms with Crippen molar-refractivity contribution in [3.05, 3.63) is 23.2 Å². The highest BCUT2D eigenvalue weighted by atomic mass is 35.5. The number of benzene rings is 1. The predicted octanol–water partition coefficient (Wildman–Crippen LogP) is 3.33. The third-order valence-electron chi connectivity index (χ3n) is 5.27. The third-order valence-corrected chi connectivity index (χ3v) is 7.85. The van der Waals surface area contributed by atoms with Crippen molar-refractivity contribution in [2.24, 2.45) is 5.92 Å². The number of anilines is 2. The van der Waals surface area contributed by atoms with Crippen LogP contribution < -0.4 is 14.9 Å². The van der Waals surface area contributed by atoms with Crippen molar-refractivity contribution in [3.8, 4) is 0 Å². The molecule has 2 N–H and O–H groups in total. The minimum atomic E-state index is -3.66. The molecule has 1 amide bonds. The van der Waals surface area contributed by atoms with Crippen LogP contribution in [0.5, 0.6) is 0 Å². The highest BCUT2D eigenvalue weighted by molar-refractivity contribution is 7.99. The molecule has 0 unspecified atom stereocenters. The normalized spacial score (nSPS) is 23.4. The number of nitrogens with one attached hydrogen (secondary N) is 2. The number of nitrogens with zero attached hydrogens (tertiary/aromatic N) is 1. The van der Waals surface area contributed by atoms with Gasteiger partial charge in [0.1, 0.15) is 5.75 Å². The number of thioether (sulfide) groups is 1. The smallest absolute Gasteiger partial charge is 0.240 e. The zero-order chi connectivity index (χ0) is 20.1. The number of hydrogen-bond donors (Lipinski definition) is 2. The van der Waals surface area contributed by atoms with Crippen molar-refractivity contribution in [2.45, 2.75) is 38.6 Å². The van der Waals surface area contributed by atoms with Crippen LogP contribution in [0, 0.1) is 5.92 Å². The van der Waals surface area contributed by atoms with Gasteiger partial charge in [-0.1, -0.05) is 18.5 Å². The molecule has 6 nitrogen and oxygen atoms in total. The molecule has 1 aromatic carbocycles. The summed E-state index contributed by atoms with van der Waals surface area (Å²) in [5.41, 5.74) is 1.45. The first-order valence-corrected chi connectivity index (χ1v) is 12.9. The third kappa shape index (κ3) is 6.27. The second-order valence-electron chi connectivity index (χ2n) is 7.65. The lowest BCUT2D eigenvalue weighted by atomic mass is 9.88. The van der Waals surface area contributed by atoms with E-state index in [-0.39, 0.29) is 6.04 Å². The molecule has 0 radical (unpaired) electrons. The second-order valence-corrected chi connectivity index (χ2v) is 11.0. The Labute approximate surface area is 176 Å². The van der Waals surface area contributed by atoms with Crippen molar-refractivity contribution >= 4 is 50.7 Å². The van der Waals surface area contributed by atoms with Gasteiger partial charge >= 0.3 is 0 Å². The molecule has 1 heterocycles. The molecule has 2 aliphatic rings. The van der Waals surface area contributed by atoms with E-state index < -0.39 is 21.7 Å². The number of amides is 1. The van der Waals surface area contributed by atoms with E-state index in [9.17, 15) is 13.2 Å². The molecule has 0 atom stereocenters. The standard InChI is InChI=1S/C19H28ClN3O3S2/c1-14-2-4-15(5-3-14)22-28(25,26)13-19(24)21-16-6-7-18(17(20)12-16)23-8-10-27-11-9-23/h6-7,12,14-15,22H,2-5,8-11,13H2,1H3,(H,21,24). The van der Waals surface area contributed by atoms with Crippen LogP contribution in [0.4, 0.5) is 11.4 Å². The zero-order valence-electron chi connectivity index (χ0n) is 16.1. The van der Waals surface area contributed by atoms with E-state index in [1.807, 2.05) is 17.8 Å². The SMILES string of the molecule is CC1CCC(NS(=O)(=O)CC(=O)Nc2ccc(N3CCSCC3)c(Cl)c2)CC1. The monoisotopic (exact) mass is 445 g/mol. The number of carbonyl (C=O) groups excluding carboxylic acids is 1. The van der Waals surface area contributed by atoms with Crippen LogP contribution in [0.3, 0.4) is 0 Å². The molecule has 0 aromatic heterocycles. The van der Waals surface area contributed by atoms with Crippen LogP contribution >= 0.6 is 23.4 Å². The Bertz CT molecular complexity index is 790. The first kappa shape index (κ1) is 21.7. The summed E-state index contributed by atoms with van der Waals surface area (Å²) in [5, 5.41) is 3.21. The Hall–Kier alpha value is -0.960. The zero-order valence-corrected chi connectivity index (χ0v) is 18.5. The molecule has 1 aliphatic carbocycles. The van der Waals surface area contributed by atoms with E-state index in [4.69, 9.17) is 11.6 Å². The summed E-state index contributed by atoms with van der Waals surface area (Å²) < 4.78 is 27.3. The fourth-order valence-corrected chi connectivity index (χ4v) is 6.14. The molecule has 0 bridgehead atoms. The first-order valence-electron chi connectivity index (χ1n) is 9.74. The molecule has 28 heavy (non-hydrogen) atoms. The minimum absolute atomic E-state index is 0.0644. The van der Waals surface area contributed by atoms with Gasteiger partial charge in [-0.15, -0.1) is 0 Å². The van der Waals surface area contributed by atoms with Gasteiger partial charge in [0.2, 0.25) is 15.9 Å². The van der Waals surface area contributed by atoms with Crippen molar-refractivity contribution in [3.63, 3.8) is 0 Å². The molecule has 1 aromatic rings. The van der Waals surface area contributed by atoms with E-state index in [2.05, 4.69) is 21.9 Å². The highest BCUT2D eigenvalue weighted by Crippen LogP contribution is 2.30. The number of hydrogen-bond acceptors (Lipinski definition) is 5. The molecule has 2 fully saturated rings. The number of sulfonamides is 1. The first-order chi connectivity index (χ1) is 13.3. The van der Waals surface area contributed by atoms with Crippen LogP contribution in [0.1, 0.15) is 32.6 Å². The lowest BCUT2D eigenvalue weighted by molar-refractivity contribution is -0.113. The van der Waals surface area contributed by atoms with E-state index in [0.717, 1.165) is 56.0 Å². The van der Waals surface area contributed by atoms with E-state index >= 15 is 0 Å². The summed E-state index contributed by atoms with van der Waals surface area (Å²) in [7, 11) is -3.66. The van der Waals surface area contributed by atoms with Crippen molar-refractivity contribution in [1.82, 2.24) is 4.72 Å². The number of halogens is 1. The van der Waals surface area contributed by atoms with Crippen molar-refractivity contribution in [1.29, 1.82) is 0 Å². The van der Waals surface area contributed by atoms with Gasteiger partial charge in [0.15, 0.2) is 0 Å². The Morgan fingerprint density at radius 1 is 1.21 bits per heavy atom. The fraction of sp³-hybridized carbons (Fsp3) is 0.632. The van der Waals surface area contributed by atoms with Gasteiger partial charge in [-0.05, 0) is 49.8 Å².